The molecule has 5 nitrogen and oxygen atoms in total. The number of oxazole rings is 1. The zero-order valence-electron chi connectivity index (χ0n) is 11.6. The number of hydrogen-bond acceptors (Lipinski definition) is 4. The van der Waals surface area contributed by atoms with E-state index in [1.165, 1.54) is 6.42 Å². The summed E-state index contributed by atoms with van der Waals surface area (Å²) in [5, 5.41) is 2.83. The zero-order chi connectivity index (χ0) is 13.7. The molecule has 2 rings (SSSR count). The van der Waals surface area contributed by atoms with Crippen LogP contribution in [0.15, 0.2) is 10.6 Å². The van der Waals surface area contributed by atoms with Crippen molar-refractivity contribution in [2.24, 2.45) is 5.73 Å². The second kappa shape index (κ2) is 6.19. The number of nitrogens with two attached hydrogens (primary N) is 1. The summed E-state index contributed by atoms with van der Waals surface area (Å²) in [6.45, 7) is 2.35. The molecule has 1 aromatic rings. The van der Waals surface area contributed by atoms with E-state index in [2.05, 4.69) is 10.3 Å². The maximum absolute atomic E-state index is 11.9. The van der Waals surface area contributed by atoms with Gasteiger partial charge in [0.1, 0.15) is 5.76 Å². The Kier molecular flexibility index (Phi) is 4.58. The van der Waals surface area contributed by atoms with Gasteiger partial charge in [-0.25, -0.2) is 4.98 Å². The van der Waals surface area contributed by atoms with E-state index >= 15 is 0 Å². The highest BCUT2D eigenvalue weighted by atomic mass is 16.4. The van der Waals surface area contributed by atoms with Gasteiger partial charge in [0.05, 0.1) is 12.7 Å². The molecule has 1 amide bonds. The summed E-state index contributed by atoms with van der Waals surface area (Å²) in [6, 6.07) is 0. The Morgan fingerprint density at radius 1 is 1.47 bits per heavy atom. The molecule has 1 aliphatic rings. The van der Waals surface area contributed by atoms with Crippen molar-refractivity contribution in [3.8, 4) is 0 Å². The van der Waals surface area contributed by atoms with Gasteiger partial charge >= 0.3 is 0 Å². The first-order valence-corrected chi connectivity index (χ1v) is 7.10. The molecule has 0 aromatic carbocycles. The van der Waals surface area contributed by atoms with Crippen molar-refractivity contribution in [2.45, 2.75) is 64.0 Å². The number of carbonyl (C=O) groups excluding carboxylic acids is 1. The normalized spacial score (nSPS) is 18.2. The smallest absolute Gasteiger partial charge is 0.222 e. The SMILES string of the molecule is CCc1cnc(CNC(=O)CC2(N)CCCCC2)o1. The van der Waals surface area contributed by atoms with Gasteiger partial charge in [0.25, 0.3) is 0 Å². The summed E-state index contributed by atoms with van der Waals surface area (Å²) in [4.78, 5) is 16.0. The summed E-state index contributed by atoms with van der Waals surface area (Å²) in [5.74, 6) is 1.38. The standard InChI is InChI=1S/C14H23N3O2/c1-2-11-9-17-13(19-11)10-16-12(18)8-14(15)6-4-3-5-7-14/h9H,2-8,10,15H2,1H3,(H,16,18). The summed E-state index contributed by atoms with van der Waals surface area (Å²) < 4.78 is 5.44. The Hall–Kier alpha value is -1.36. The molecule has 19 heavy (non-hydrogen) atoms. The van der Waals surface area contributed by atoms with Crippen LogP contribution in [0.3, 0.4) is 0 Å². The van der Waals surface area contributed by atoms with Crippen molar-refractivity contribution in [1.82, 2.24) is 10.3 Å². The molecular weight excluding hydrogens is 242 g/mol. The number of nitrogens with zero attached hydrogens (tertiary/aromatic N) is 1. The highest BCUT2D eigenvalue weighted by Gasteiger charge is 2.29. The fraction of sp³-hybridized carbons (Fsp3) is 0.714. The first-order chi connectivity index (χ1) is 9.11. The number of amides is 1. The number of rotatable bonds is 5. The fourth-order valence-electron chi connectivity index (χ4n) is 2.58. The summed E-state index contributed by atoms with van der Waals surface area (Å²) in [6.07, 6.45) is 8.29. The lowest BCUT2D eigenvalue weighted by Gasteiger charge is -2.32. The van der Waals surface area contributed by atoms with Gasteiger partial charge in [-0.05, 0) is 12.8 Å². The van der Waals surface area contributed by atoms with Crippen LogP contribution in [0.1, 0.15) is 57.1 Å². The molecule has 106 valence electrons. The van der Waals surface area contributed by atoms with E-state index in [1.807, 2.05) is 6.92 Å². The largest absolute Gasteiger partial charge is 0.444 e. The Balaban J connectivity index is 1.77. The lowest BCUT2D eigenvalue weighted by atomic mass is 9.80. The summed E-state index contributed by atoms with van der Waals surface area (Å²) in [7, 11) is 0. The molecule has 0 bridgehead atoms. The Bertz CT molecular complexity index is 422. The van der Waals surface area contributed by atoms with Gasteiger partial charge in [-0.3, -0.25) is 4.79 Å². The summed E-state index contributed by atoms with van der Waals surface area (Å²) in [5.41, 5.74) is 5.94. The molecule has 0 unspecified atom stereocenters. The maximum Gasteiger partial charge on any atom is 0.222 e. The van der Waals surface area contributed by atoms with Crippen molar-refractivity contribution in [2.75, 3.05) is 0 Å². The molecule has 0 aliphatic heterocycles. The molecule has 0 atom stereocenters. The third-order valence-electron chi connectivity index (χ3n) is 3.75. The molecule has 1 heterocycles. The monoisotopic (exact) mass is 265 g/mol. The van der Waals surface area contributed by atoms with Crippen LogP contribution in [0.2, 0.25) is 0 Å². The van der Waals surface area contributed by atoms with Gasteiger partial charge < -0.3 is 15.5 Å². The minimum atomic E-state index is -0.312. The molecule has 0 saturated heterocycles. The Labute approximate surface area is 114 Å². The fourth-order valence-corrected chi connectivity index (χ4v) is 2.58. The van der Waals surface area contributed by atoms with Crippen molar-refractivity contribution in [3.63, 3.8) is 0 Å². The Morgan fingerprint density at radius 3 is 2.84 bits per heavy atom. The van der Waals surface area contributed by atoms with Crippen LogP contribution < -0.4 is 11.1 Å². The van der Waals surface area contributed by atoms with Crippen LogP contribution in [-0.2, 0) is 17.8 Å². The third kappa shape index (κ3) is 4.06. The van der Waals surface area contributed by atoms with Crippen molar-refractivity contribution < 1.29 is 9.21 Å². The van der Waals surface area contributed by atoms with Crippen LogP contribution in [-0.4, -0.2) is 16.4 Å². The number of aryl methyl sites for hydroxylation is 1. The van der Waals surface area contributed by atoms with E-state index in [9.17, 15) is 4.79 Å². The van der Waals surface area contributed by atoms with Gasteiger partial charge in [0, 0.05) is 18.4 Å². The second-order valence-electron chi connectivity index (χ2n) is 5.45. The van der Waals surface area contributed by atoms with Gasteiger partial charge in [-0.1, -0.05) is 26.2 Å². The lowest BCUT2D eigenvalue weighted by molar-refractivity contribution is -0.122. The first-order valence-electron chi connectivity index (χ1n) is 7.10. The van der Waals surface area contributed by atoms with Crippen molar-refractivity contribution in [1.29, 1.82) is 0 Å². The van der Waals surface area contributed by atoms with Gasteiger partial charge in [0.15, 0.2) is 0 Å². The number of aromatic nitrogens is 1. The number of hydrogen-bond donors (Lipinski definition) is 2. The van der Waals surface area contributed by atoms with E-state index in [-0.39, 0.29) is 11.4 Å². The van der Waals surface area contributed by atoms with Crippen LogP contribution in [0, 0.1) is 0 Å². The minimum Gasteiger partial charge on any atom is -0.444 e. The summed E-state index contributed by atoms with van der Waals surface area (Å²) >= 11 is 0. The maximum atomic E-state index is 11.9. The predicted molar refractivity (Wildman–Crippen MR) is 72.3 cm³/mol. The highest BCUT2D eigenvalue weighted by molar-refractivity contribution is 5.77. The molecule has 1 aromatic heterocycles. The van der Waals surface area contributed by atoms with Gasteiger partial charge in [-0.2, -0.15) is 0 Å². The lowest BCUT2D eigenvalue weighted by Crippen LogP contribution is -2.45. The minimum absolute atomic E-state index is 0.0133. The molecule has 0 radical (unpaired) electrons. The highest BCUT2D eigenvalue weighted by Crippen LogP contribution is 2.28. The van der Waals surface area contributed by atoms with E-state index in [1.54, 1.807) is 6.20 Å². The number of nitrogens with one attached hydrogen (secondary N) is 1. The van der Waals surface area contributed by atoms with E-state index in [4.69, 9.17) is 10.2 Å². The van der Waals surface area contributed by atoms with Crippen LogP contribution >= 0.6 is 0 Å². The molecule has 3 N–H and O–H groups in total. The Morgan fingerprint density at radius 2 is 2.21 bits per heavy atom. The third-order valence-corrected chi connectivity index (χ3v) is 3.75. The molecular formula is C14H23N3O2. The molecule has 1 saturated carbocycles. The molecule has 1 aliphatic carbocycles. The van der Waals surface area contributed by atoms with E-state index in [0.717, 1.165) is 37.9 Å². The quantitative estimate of drug-likeness (QED) is 0.852. The average molecular weight is 265 g/mol. The van der Waals surface area contributed by atoms with Crippen LogP contribution in [0.4, 0.5) is 0 Å². The van der Waals surface area contributed by atoms with E-state index < -0.39 is 0 Å². The predicted octanol–water partition coefficient (Wildman–Crippen LogP) is 1.90. The van der Waals surface area contributed by atoms with Crippen molar-refractivity contribution >= 4 is 5.91 Å². The first kappa shape index (κ1) is 14.1. The molecule has 0 spiro atoms. The van der Waals surface area contributed by atoms with Gasteiger partial charge in [0.2, 0.25) is 11.8 Å². The molecule has 5 heteroatoms. The van der Waals surface area contributed by atoms with Crippen LogP contribution in [0.25, 0.3) is 0 Å². The number of carbonyl (C=O) groups is 1. The van der Waals surface area contributed by atoms with Crippen molar-refractivity contribution in [3.05, 3.63) is 17.8 Å². The van der Waals surface area contributed by atoms with E-state index in [0.29, 0.717) is 18.9 Å². The topological polar surface area (TPSA) is 81.2 Å². The molecule has 1 fully saturated rings. The van der Waals surface area contributed by atoms with Gasteiger partial charge in [-0.15, -0.1) is 0 Å². The second-order valence-corrected chi connectivity index (χ2v) is 5.45. The average Bonchev–Trinajstić information content (AvgIpc) is 2.84. The zero-order valence-corrected chi connectivity index (χ0v) is 11.6. The van der Waals surface area contributed by atoms with Crippen LogP contribution in [0.5, 0.6) is 0 Å².